The third-order valence-corrected chi connectivity index (χ3v) is 15.0. The number of nitrogens with one attached hydrogen (secondary N) is 2. The van der Waals surface area contributed by atoms with E-state index in [9.17, 15) is 14.7 Å². The van der Waals surface area contributed by atoms with E-state index in [0.29, 0.717) is 42.0 Å². The zero-order valence-electron chi connectivity index (χ0n) is 28.0. The van der Waals surface area contributed by atoms with Gasteiger partial charge in [0.15, 0.2) is 0 Å². The summed E-state index contributed by atoms with van der Waals surface area (Å²) in [5.41, 5.74) is 1.76. The number of allylic oxidation sites excluding steroid dienone is 1. The van der Waals surface area contributed by atoms with Crippen LogP contribution in [0.15, 0.2) is 12.2 Å². The van der Waals surface area contributed by atoms with Crippen molar-refractivity contribution in [3.8, 4) is 0 Å². The summed E-state index contributed by atoms with van der Waals surface area (Å²) < 4.78 is 0. The first-order chi connectivity index (χ1) is 19.6. The number of aliphatic hydroxyl groups excluding tert-OH is 1. The molecule has 0 heterocycles. The SMILES string of the molecule is C=C(C)[C@@H]1CC[C@]2(C(=O)NCCCCCNC(C)=O)CC[C@]3(C)[C@H](CC[C@@H]4[C@@]5(C)CC[C@H](O)C(C)(C)[C@@H]5CC[C@]43C)[C@@H]12. The standard InChI is InChI=1S/C37H62N2O3/c1-24(2)26-14-19-37(32(42)39-23-11-9-10-22-38-25(3)40)21-20-35(7)27(31(26)37)12-13-29-34(6)17-16-30(41)33(4,5)28(34)15-18-36(29,35)8/h26-31,41H,1,9-23H2,2-8H3,(H,38,40)(H,39,42)/t26-,27+,28-,29+,30-,31+,34-,35+,36+,37-/m0/s1. The van der Waals surface area contributed by atoms with Crippen molar-refractivity contribution in [1.82, 2.24) is 10.6 Å². The number of fused-ring (bicyclic) bond motifs is 7. The molecule has 2 amide bonds. The lowest BCUT2D eigenvalue weighted by Crippen LogP contribution is -2.67. The molecule has 238 valence electrons. The van der Waals surface area contributed by atoms with Crippen LogP contribution in [0.3, 0.4) is 0 Å². The molecule has 0 saturated heterocycles. The maximum atomic E-state index is 14.2. The van der Waals surface area contributed by atoms with E-state index in [4.69, 9.17) is 0 Å². The van der Waals surface area contributed by atoms with E-state index >= 15 is 0 Å². The van der Waals surface area contributed by atoms with E-state index in [1.54, 1.807) is 6.92 Å². The fourth-order valence-corrected chi connectivity index (χ4v) is 12.6. The van der Waals surface area contributed by atoms with Gasteiger partial charge in [-0.2, -0.15) is 0 Å². The second-order valence-electron chi connectivity index (χ2n) is 17.0. The molecule has 5 nitrogen and oxygen atoms in total. The van der Waals surface area contributed by atoms with Crippen LogP contribution >= 0.6 is 0 Å². The fourth-order valence-electron chi connectivity index (χ4n) is 12.6. The number of hydrogen-bond acceptors (Lipinski definition) is 3. The van der Waals surface area contributed by atoms with Crippen molar-refractivity contribution in [2.45, 2.75) is 138 Å². The van der Waals surface area contributed by atoms with E-state index in [-0.39, 0.29) is 39.1 Å². The van der Waals surface area contributed by atoms with Gasteiger partial charge in [0, 0.05) is 20.0 Å². The topological polar surface area (TPSA) is 78.4 Å². The van der Waals surface area contributed by atoms with Gasteiger partial charge in [0.1, 0.15) is 0 Å². The predicted molar refractivity (Wildman–Crippen MR) is 171 cm³/mol. The molecule has 0 aromatic heterocycles. The molecule has 5 aliphatic rings. The van der Waals surface area contributed by atoms with Crippen molar-refractivity contribution in [2.75, 3.05) is 13.1 Å². The minimum atomic E-state index is -0.259. The van der Waals surface area contributed by atoms with Crippen molar-refractivity contribution in [1.29, 1.82) is 0 Å². The summed E-state index contributed by atoms with van der Waals surface area (Å²) in [6, 6.07) is 0. The van der Waals surface area contributed by atoms with Gasteiger partial charge in [-0.05, 0) is 142 Å². The molecule has 42 heavy (non-hydrogen) atoms. The molecule has 0 aromatic carbocycles. The Labute approximate surface area is 256 Å². The Kier molecular flexibility index (Phi) is 8.56. The van der Waals surface area contributed by atoms with Crippen LogP contribution in [0.5, 0.6) is 0 Å². The normalized spacial score (nSPS) is 45.5. The monoisotopic (exact) mass is 582 g/mol. The molecule has 5 saturated carbocycles. The number of carbonyl (C=O) groups is 2. The van der Waals surface area contributed by atoms with Crippen LogP contribution in [0, 0.1) is 56.7 Å². The summed E-state index contributed by atoms with van der Waals surface area (Å²) in [6.45, 7) is 22.3. The van der Waals surface area contributed by atoms with Crippen LogP contribution < -0.4 is 10.6 Å². The Balaban J connectivity index is 1.37. The molecular formula is C37H62N2O3. The highest BCUT2D eigenvalue weighted by Gasteiger charge is 2.71. The van der Waals surface area contributed by atoms with E-state index in [1.165, 1.54) is 31.3 Å². The maximum absolute atomic E-state index is 14.2. The van der Waals surface area contributed by atoms with Gasteiger partial charge in [-0.3, -0.25) is 9.59 Å². The van der Waals surface area contributed by atoms with Crippen molar-refractivity contribution in [3.63, 3.8) is 0 Å². The molecule has 0 spiro atoms. The first kappa shape index (κ1) is 32.0. The van der Waals surface area contributed by atoms with Gasteiger partial charge in [-0.1, -0.05) is 46.8 Å². The number of amides is 2. The highest BCUT2D eigenvalue weighted by atomic mass is 16.3. The molecule has 0 unspecified atom stereocenters. The van der Waals surface area contributed by atoms with Crippen LogP contribution in [-0.2, 0) is 9.59 Å². The summed E-state index contributed by atoms with van der Waals surface area (Å²) in [7, 11) is 0. The minimum Gasteiger partial charge on any atom is -0.393 e. The smallest absolute Gasteiger partial charge is 0.226 e. The largest absolute Gasteiger partial charge is 0.393 e. The summed E-state index contributed by atoms with van der Waals surface area (Å²) in [5, 5.41) is 17.3. The second kappa shape index (κ2) is 11.2. The van der Waals surface area contributed by atoms with Gasteiger partial charge in [0.05, 0.1) is 11.5 Å². The first-order valence-electron chi connectivity index (χ1n) is 17.5. The molecule has 0 radical (unpaired) electrons. The molecule has 0 aliphatic heterocycles. The molecule has 5 heteroatoms. The quantitative estimate of drug-likeness (QED) is 0.206. The number of aliphatic hydroxyl groups is 1. The highest BCUT2D eigenvalue weighted by Crippen LogP contribution is 2.77. The minimum absolute atomic E-state index is 0.0215. The van der Waals surface area contributed by atoms with Crippen molar-refractivity contribution in [3.05, 3.63) is 12.2 Å². The summed E-state index contributed by atoms with van der Waals surface area (Å²) >= 11 is 0. The van der Waals surface area contributed by atoms with Gasteiger partial charge < -0.3 is 15.7 Å². The maximum Gasteiger partial charge on any atom is 0.226 e. The summed E-state index contributed by atoms with van der Waals surface area (Å²) in [4.78, 5) is 25.3. The van der Waals surface area contributed by atoms with E-state index in [2.05, 4.69) is 58.8 Å². The predicted octanol–water partition coefficient (Wildman–Crippen LogP) is 7.43. The zero-order chi connectivity index (χ0) is 30.7. The molecule has 5 rings (SSSR count). The van der Waals surface area contributed by atoms with Gasteiger partial charge in [-0.15, -0.1) is 0 Å². The number of rotatable bonds is 8. The third-order valence-electron chi connectivity index (χ3n) is 15.0. The van der Waals surface area contributed by atoms with Gasteiger partial charge in [-0.25, -0.2) is 0 Å². The Morgan fingerprint density at radius 2 is 1.45 bits per heavy atom. The zero-order valence-corrected chi connectivity index (χ0v) is 28.0. The average molecular weight is 583 g/mol. The summed E-state index contributed by atoms with van der Waals surface area (Å²) in [5.74, 6) is 2.98. The first-order valence-corrected chi connectivity index (χ1v) is 17.5. The molecule has 10 atom stereocenters. The second-order valence-corrected chi connectivity index (χ2v) is 17.0. The highest BCUT2D eigenvalue weighted by molar-refractivity contribution is 5.84. The van der Waals surface area contributed by atoms with Crippen LogP contribution in [0.25, 0.3) is 0 Å². The molecule has 5 fully saturated rings. The fraction of sp³-hybridized carbons (Fsp3) is 0.892. The van der Waals surface area contributed by atoms with Crippen molar-refractivity contribution in [2.24, 2.45) is 56.7 Å². The average Bonchev–Trinajstić information content (AvgIpc) is 3.32. The molecule has 5 aliphatic carbocycles. The Morgan fingerprint density at radius 3 is 2.12 bits per heavy atom. The van der Waals surface area contributed by atoms with E-state index in [1.807, 2.05) is 0 Å². The van der Waals surface area contributed by atoms with Crippen molar-refractivity contribution < 1.29 is 14.7 Å². The van der Waals surface area contributed by atoms with Gasteiger partial charge in [0.25, 0.3) is 0 Å². The van der Waals surface area contributed by atoms with Crippen molar-refractivity contribution >= 4 is 11.8 Å². The lowest BCUT2D eigenvalue weighted by atomic mass is 9.32. The van der Waals surface area contributed by atoms with Crippen LogP contribution in [0.4, 0.5) is 0 Å². The lowest BCUT2D eigenvalue weighted by molar-refractivity contribution is -0.246. The third kappa shape index (κ3) is 4.72. The van der Waals surface area contributed by atoms with E-state index in [0.717, 1.165) is 64.3 Å². The Hall–Kier alpha value is -1.36. The lowest BCUT2D eigenvalue weighted by Gasteiger charge is -2.72. The van der Waals surface area contributed by atoms with Crippen LogP contribution in [-0.4, -0.2) is 36.1 Å². The number of hydrogen-bond donors (Lipinski definition) is 3. The molecule has 3 N–H and O–H groups in total. The van der Waals surface area contributed by atoms with Gasteiger partial charge >= 0.3 is 0 Å². The Bertz CT molecular complexity index is 1070. The Morgan fingerprint density at radius 1 is 0.762 bits per heavy atom. The van der Waals surface area contributed by atoms with Crippen LogP contribution in [0.2, 0.25) is 0 Å². The molecular weight excluding hydrogens is 520 g/mol. The van der Waals surface area contributed by atoms with Crippen LogP contribution in [0.1, 0.15) is 132 Å². The summed E-state index contributed by atoms with van der Waals surface area (Å²) in [6.07, 6.45) is 14.1. The molecule has 0 bridgehead atoms. The van der Waals surface area contributed by atoms with E-state index < -0.39 is 0 Å². The number of carbonyl (C=O) groups excluding carboxylic acids is 2. The number of unbranched alkanes of at least 4 members (excludes halogenated alkanes) is 2. The van der Waals surface area contributed by atoms with Gasteiger partial charge in [0.2, 0.25) is 11.8 Å². The molecule has 0 aromatic rings.